The van der Waals surface area contributed by atoms with E-state index in [4.69, 9.17) is 0 Å². The molecule has 3 rings (SSSR count). The van der Waals surface area contributed by atoms with Crippen LogP contribution in [0, 0.1) is 11.3 Å². The normalized spacial score (nSPS) is 15.5. The number of carbonyl (C=O) groups is 2. The zero-order valence-corrected chi connectivity index (χ0v) is 22.0. The number of ketones is 1. The average molecular weight is 541 g/mol. The number of carbonyl (C=O) groups excluding carboxylic acids is 2. The molecule has 1 aliphatic rings. The van der Waals surface area contributed by atoms with Crippen LogP contribution < -0.4 is 10.2 Å². The number of anilines is 2. The van der Waals surface area contributed by atoms with Crippen molar-refractivity contribution in [3.63, 3.8) is 0 Å². The Morgan fingerprint density at radius 2 is 1.76 bits per heavy atom. The number of nitrogens with one attached hydrogen (secondary N) is 1. The number of piperidine rings is 1. The molecule has 0 aromatic carbocycles. The fourth-order valence-corrected chi connectivity index (χ4v) is 4.81. The van der Waals surface area contributed by atoms with Crippen LogP contribution in [0.25, 0.3) is 0 Å². The molecule has 1 amide bonds. The molecule has 0 saturated carbocycles. The molecule has 1 saturated heterocycles. The zero-order valence-electron chi connectivity index (χ0n) is 21.2. The topological polar surface area (TPSA) is 109 Å². The lowest BCUT2D eigenvalue weighted by molar-refractivity contribution is -0.137. The van der Waals surface area contributed by atoms with Crippen molar-refractivity contribution in [2.45, 2.75) is 57.5 Å². The number of hydrogen-bond acceptors (Lipinski definition) is 7. The molecule has 12 heteroatoms. The molecule has 0 bridgehead atoms. The Morgan fingerprint density at radius 3 is 2.32 bits per heavy atom. The maximum absolute atomic E-state index is 13.1. The summed E-state index contributed by atoms with van der Waals surface area (Å²) in [4.78, 5) is 34.9. The zero-order chi connectivity index (χ0) is 27.6. The molecular formula is C25H31F3N4O4S. The third-order valence-corrected chi connectivity index (χ3v) is 7.08. The van der Waals surface area contributed by atoms with E-state index in [1.807, 2.05) is 25.7 Å². The van der Waals surface area contributed by atoms with Gasteiger partial charge in [-0.3, -0.25) is 14.6 Å². The lowest BCUT2D eigenvalue weighted by atomic mass is 9.84. The number of alkyl halides is 3. The lowest BCUT2D eigenvalue weighted by Crippen LogP contribution is -2.36. The summed E-state index contributed by atoms with van der Waals surface area (Å²) in [6.45, 7) is 7.09. The molecule has 0 radical (unpaired) electrons. The predicted molar refractivity (Wildman–Crippen MR) is 133 cm³/mol. The van der Waals surface area contributed by atoms with E-state index in [9.17, 15) is 31.2 Å². The van der Waals surface area contributed by atoms with Gasteiger partial charge in [-0.25, -0.2) is 13.4 Å². The van der Waals surface area contributed by atoms with E-state index in [0.717, 1.165) is 18.5 Å². The first kappa shape index (κ1) is 28.5. The Hall–Kier alpha value is -3.02. The first-order valence-corrected chi connectivity index (χ1v) is 13.7. The van der Waals surface area contributed by atoms with Gasteiger partial charge < -0.3 is 10.2 Å². The number of rotatable bonds is 7. The van der Waals surface area contributed by atoms with Crippen molar-refractivity contribution in [1.82, 2.24) is 9.97 Å². The van der Waals surface area contributed by atoms with Crippen LogP contribution in [-0.4, -0.2) is 49.4 Å². The van der Waals surface area contributed by atoms with Crippen molar-refractivity contribution in [1.29, 1.82) is 0 Å². The second kappa shape index (κ2) is 10.8. The fourth-order valence-electron chi connectivity index (χ4n) is 4.24. The molecule has 0 unspecified atom stereocenters. The van der Waals surface area contributed by atoms with Crippen molar-refractivity contribution in [3.8, 4) is 0 Å². The van der Waals surface area contributed by atoms with Crippen LogP contribution in [0.5, 0.6) is 0 Å². The molecule has 0 aliphatic carbocycles. The molecule has 202 valence electrons. The Bertz CT molecular complexity index is 1270. The average Bonchev–Trinajstić information content (AvgIpc) is 2.77. The molecule has 3 heterocycles. The van der Waals surface area contributed by atoms with E-state index in [1.54, 1.807) is 0 Å². The van der Waals surface area contributed by atoms with Gasteiger partial charge in [0.1, 0.15) is 11.5 Å². The van der Waals surface area contributed by atoms with E-state index in [0.29, 0.717) is 50.7 Å². The third kappa shape index (κ3) is 7.98. The monoisotopic (exact) mass is 540 g/mol. The summed E-state index contributed by atoms with van der Waals surface area (Å²) in [7, 11) is -3.67. The minimum absolute atomic E-state index is 0.0504. The fraction of sp³-hybridized carbons (Fsp3) is 0.520. The maximum atomic E-state index is 13.1. The first-order valence-electron chi connectivity index (χ1n) is 11.8. The molecule has 1 N–H and O–H groups in total. The van der Waals surface area contributed by atoms with Gasteiger partial charge in [0.05, 0.1) is 16.1 Å². The van der Waals surface area contributed by atoms with Crippen LogP contribution >= 0.6 is 0 Å². The number of pyridine rings is 2. The molecule has 2 aromatic heterocycles. The van der Waals surface area contributed by atoms with Gasteiger partial charge in [0.25, 0.3) is 5.91 Å². The molecular weight excluding hydrogens is 509 g/mol. The molecule has 8 nitrogen and oxygen atoms in total. The van der Waals surface area contributed by atoms with Crippen molar-refractivity contribution in [2.24, 2.45) is 11.3 Å². The van der Waals surface area contributed by atoms with E-state index in [2.05, 4.69) is 15.3 Å². The van der Waals surface area contributed by atoms with E-state index < -0.39 is 33.2 Å². The van der Waals surface area contributed by atoms with Gasteiger partial charge in [-0.1, -0.05) is 20.8 Å². The largest absolute Gasteiger partial charge is 0.416 e. The number of nitrogens with zero attached hydrogens (tertiary/aromatic N) is 3. The minimum atomic E-state index is -4.65. The Balaban J connectivity index is 1.81. The van der Waals surface area contributed by atoms with Crippen LogP contribution in [0.3, 0.4) is 0 Å². The van der Waals surface area contributed by atoms with Crippen LogP contribution in [0.15, 0.2) is 35.5 Å². The van der Waals surface area contributed by atoms with Gasteiger partial charge in [0, 0.05) is 44.6 Å². The first-order chi connectivity index (χ1) is 17.0. The second-order valence-electron chi connectivity index (χ2n) is 10.6. The molecule has 1 fully saturated rings. The van der Waals surface area contributed by atoms with Gasteiger partial charge >= 0.3 is 6.18 Å². The van der Waals surface area contributed by atoms with Crippen molar-refractivity contribution in [2.75, 3.05) is 29.6 Å². The standard InChI is InChI=1S/C25H31F3N4O4S/c1-24(2,3)14-18(33)11-16-6-9-32(10-7-16)22-20(13-19(15-30-22)37(4,35)36)31-23(34)21-12-17(5-8-29-21)25(26,27)28/h5,8,12-13,15-16H,6-7,9-11,14H2,1-4H3,(H,31,34). The van der Waals surface area contributed by atoms with E-state index in [-0.39, 0.29) is 27.7 Å². The summed E-state index contributed by atoms with van der Waals surface area (Å²) in [6.07, 6.45) is 0.792. The highest BCUT2D eigenvalue weighted by Gasteiger charge is 2.32. The van der Waals surface area contributed by atoms with Gasteiger partial charge in [0.2, 0.25) is 0 Å². The Morgan fingerprint density at radius 1 is 1.11 bits per heavy atom. The highest BCUT2D eigenvalue weighted by molar-refractivity contribution is 7.90. The smallest absolute Gasteiger partial charge is 0.355 e. The second-order valence-corrected chi connectivity index (χ2v) is 12.6. The molecule has 0 spiro atoms. The minimum Gasteiger partial charge on any atom is -0.355 e. The number of amides is 1. The SMILES string of the molecule is CC(C)(C)CC(=O)CC1CCN(c2ncc(S(C)(=O)=O)cc2NC(=O)c2cc(C(F)(F)F)ccn2)CC1. The number of halogens is 3. The summed E-state index contributed by atoms with van der Waals surface area (Å²) in [5.41, 5.74) is -1.53. The quantitative estimate of drug-likeness (QED) is 0.539. The van der Waals surface area contributed by atoms with Gasteiger partial charge in [-0.05, 0) is 42.4 Å². The highest BCUT2D eigenvalue weighted by Crippen LogP contribution is 2.33. The highest BCUT2D eigenvalue weighted by atomic mass is 32.2. The molecule has 37 heavy (non-hydrogen) atoms. The number of Topliss-reactive ketones (excluding diaryl/α,β-unsaturated/α-hetero) is 1. The number of aromatic nitrogens is 2. The summed E-state index contributed by atoms with van der Waals surface area (Å²) >= 11 is 0. The summed E-state index contributed by atoms with van der Waals surface area (Å²) in [5, 5.41) is 2.49. The lowest BCUT2D eigenvalue weighted by Gasteiger charge is -2.34. The number of sulfone groups is 1. The van der Waals surface area contributed by atoms with Gasteiger partial charge in [-0.15, -0.1) is 0 Å². The van der Waals surface area contributed by atoms with Crippen LogP contribution in [0.2, 0.25) is 0 Å². The predicted octanol–water partition coefficient (Wildman–Crippen LogP) is 4.76. The molecule has 2 aromatic rings. The van der Waals surface area contributed by atoms with Gasteiger partial charge in [-0.2, -0.15) is 13.2 Å². The maximum Gasteiger partial charge on any atom is 0.416 e. The summed E-state index contributed by atoms with van der Waals surface area (Å²) in [5.74, 6) is -0.216. The van der Waals surface area contributed by atoms with Crippen molar-refractivity contribution < 1.29 is 31.2 Å². The Labute approximate surface area is 214 Å². The van der Waals surface area contributed by atoms with Gasteiger partial charge in [0.15, 0.2) is 15.7 Å². The van der Waals surface area contributed by atoms with Crippen molar-refractivity contribution in [3.05, 3.63) is 41.9 Å². The number of hydrogen-bond donors (Lipinski definition) is 1. The summed E-state index contributed by atoms with van der Waals surface area (Å²) in [6, 6.07) is 2.62. The van der Waals surface area contributed by atoms with Crippen LogP contribution in [0.1, 0.15) is 62.5 Å². The van der Waals surface area contributed by atoms with E-state index >= 15 is 0 Å². The third-order valence-electron chi connectivity index (χ3n) is 6.00. The summed E-state index contributed by atoms with van der Waals surface area (Å²) < 4.78 is 63.4. The Kier molecular flexibility index (Phi) is 8.31. The van der Waals surface area contributed by atoms with E-state index in [1.165, 1.54) is 12.3 Å². The van der Waals surface area contributed by atoms with Crippen LogP contribution in [0.4, 0.5) is 24.7 Å². The van der Waals surface area contributed by atoms with Crippen LogP contribution in [-0.2, 0) is 20.8 Å². The van der Waals surface area contributed by atoms with Crippen molar-refractivity contribution >= 4 is 33.0 Å². The molecule has 1 aliphatic heterocycles. The molecule has 0 atom stereocenters.